The van der Waals surface area contributed by atoms with Crippen LogP contribution >= 0.6 is 23.1 Å². The molecule has 0 aliphatic carbocycles. The zero-order chi connectivity index (χ0) is 34.9. The summed E-state index contributed by atoms with van der Waals surface area (Å²) < 4.78 is 5.33. The largest absolute Gasteiger partial charge is 0.497 e. The molecule has 5 aromatic carbocycles. The van der Waals surface area contributed by atoms with E-state index in [1.165, 1.54) is 23.1 Å². The van der Waals surface area contributed by atoms with Gasteiger partial charge in [-0.1, -0.05) is 79.7 Å². The fourth-order valence-electron chi connectivity index (χ4n) is 5.17. The van der Waals surface area contributed by atoms with Crippen LogP contribution in [0.5, 0.6) is 5.75 Å². The second-order valence-electron chi connectivity index (χ2n) is 11.2. The summed E-state index contributed by atoms with van der Waals surface area (Å²) in [6.45, 7) is 1.95. The fourth-order valence-corrected chi connectivity index (χ4v) is 6.91. The van der Waals surface area contributed by atoms with Gasteiger partial charge in [-0.25, -0.2) is 4.98 Å². The molecule has 1 heterocycles. The van der Waals surface area contributed by atoms with Gasteiger partial charge < -0.3 is 20.7 Å². The smallest absolute Gasteiger partial charge is 0.272 e. The molecule has 0 bridgehead atoms. The molecule has 1 atom stereocenters. The Balaban J connectivity index is 1.14. The summed E-state index contributed by atoms with van der Waals surface area (Å²) in [4.78, 5) is 45.5. The molecule has 250 valence electrons. The molecule has 0 radical (unpaired) electrons. The number of hydrogen-bond donors (Lipinski definition) is 3. The van der Waals surface area contributed by atoms with Crippen LogP contribution in [0.15, 0.2) is 137 Å². The molecule has 8 nitrogen and oxygen atoms in total. The Hall–Kier alpha value is -5.71. The summed E-state index contributed by atoms with van der Waals surface area (Å²) in [6.07, 6.45) is 2.17. The molecular formula is C40H34N4O4S2. The highest BCUT2D eigenvalue weighted by atomic mass is 32.2. The third-order valence-electron chi connectivity index (χ3n) is 7.75. The molecule has 0 saturated carbocycles. The fraction of sp³-hybridized carbons (Fsp3) is 0.100. The predicted octanol–water partition coefficient (Wildman–Crippen LogP) is 8.89. The molecule has 10 heteroatoms. The number of amides is 3. The first-order chi connectivity index (χ1) is 24.4. The molecule has 0 aliphatic heterocycles. The van der Waals surface area contributed by atoms with Gasteiger partial charge in [-0.3, -0.25) is 14.4 Å². The maximum atomic E-state index is 13.6. The Kier molecular flexibility index (Phi) is 11.0. The van der Waals surface area contributed by atoms with Crippen molar-refractivity contribution in [2.75, 3.05) is 17.7 Å². The van der Waals surface area contributed by atoms with E-state index in [4.69, 9.17) is 4.74 Å². The quantitative estimate of drug-likeness (QED) is 0.0870. The molecule has 0 aliphatic rings. The van der Waals surface area contributed by atoms with E-state index in [1.54, 1.807) is 61.7 Å². The number of hydrogen-bond acceptors (Lipinski definition) is 7. The lowest BCUT2D eigenvalue weighted by Crippen LogP contribution is -2.30. The zero-order valence-electron chi connectivity index (χ0n) is 27.4. The second kappa shape index (κ2) is 16.1. The Labute approximate surface area is 298 Å². The minimum Gasteiger partial charge on any atom is -0.497 e. The SMILES string of the molecule is CCC(Sc1cccc(NC(=O)/C(=C/c2cccc(OC)c2)NC(=O)c2ccccc2)c1)C(=O)Nc1nc(-c2ccc3ccccc3c2)cs1. The van der Waals surface area contributed by atoms with Crippen molar-refractivity contribution in [3.63, 3.8) is 0 Å². The van der Waals surface area contributed by atoms with Gasteiger partial charge in [0.25, 0.3) is 11.8 Å². The Morgan fingerprint density at radius 2 is 1.62 bits per heavy atom. The molecule has 50 heavy (non-hydrogen) atoms. The van der Waals surface area contributed by atoms with Crippen molar-refractivity contribution in [2.24, 2.45) is 0 Å². The average Bonchev–Trinajstić information content (AvgIpc) is 3.62. The monoisotopic (exact) mass is 698 g/mol. The number of ether oxygens (including phenoxy) is 1. The highest BCUT2D eigenvalue weighted by Crippen LogP contribution is 2.31. The number of thiazole rings is 1. The van der Waals surface area contributed by atoms with Crippen LogP contribution in [0.4, 0.5) is 10.8 Å². The van der Waals surface area contributed by atoms with E-state index >= 15 is 0 Å². The van der Waals surface area contributed by atoms with Crippen molar-refractivity contribution >= 4 is 68.5 Å². The Morgan fingerprint density at radius 3 is 2.42 bits per heavy atom. The van der Waals surface area contributed by atoms with Crippen molar-refractivity contribution in [2.45, 2.75) is 23.5 Å². The van der Waals surface area contributed by atoms with E-state index < -0.39 is 17.1 Å². The number of fused-ring (bicyclic) bond motifs is 1. The molecule has 6 rings (SSSR count). The average molecular weight is 699 g/mol. The Bertz CT molecular complexity index is 2180. The van der Waals surface area contributed by atoms with Crippen LogP contribution in [0, 0.1) is 0 Å². The van der Waals surface area contributed by atoms with Crippen molar-refractivity contribution in [3.05, 3.63) is 144 Å². The Morgan fingerprint density at radius 1 is 0.840 bits per heavy atom. The number of aromatic nitrogens is 1. The molecule has 6 aromatic rings. The normalized spacial score (nSPS) is 11.8. The van der Waals surface area contributed by atoms with Crippen molar-refractivity contribution in [1.29, 1.82) is 0 Å². The standard InChI is InChI=1S/C40H34N4O4S2/c1-3-36(39(47)44-40-43-35(25-49-40)30-20-19-27-12-7-8-15-29(27)23-30)50-33-18-10-16-31(24-33)41-38(46)34(22-26-11-9-17-32(21-26)48-2)42-37(45)28-13-5-4-6-14-28/h4-25,36H,3H2,1-2H3,(H,41,46)(H,42,45)(H,43,44,47)/b34-22-. The van der Waals surface area contributed by atoms with Gasteiger partial charge in [0, 0.05) is 27.1 Å². The van der Waals surface area contributed by atoms with E-state index in [-0.39, 0.29) is 11.6 Å². The molecule has 0 saturated heterocycles. The highest BCUT2D eigenvalue weighted by molar-refractivity contribution is 8.00. The number of benzene rings is 5. The van der Waals surface area contributed by atoms with E-state index in [0.29, 0.717) is 34.1 Å². The summed E-state index contributed by atoms with van der Waals surface area (Å²) in [5.41, 5.74) is 3.46. The van der Waals surface area contributed by atoms with Crippen LogP contribution < -0.4 is 20.7 Å². The van der Waals surface area contributed by atoms with E-state index in [0.717, 1.165) is 26.9 Å². The second-order valence-corrected chi connectivity index (χ2v) is 13.4. The lowest BCUT2D eigenvalue weighted by molar-refractivity contribution is -0.116. The van der Waals surface area contributed by atoms with E-state index in [9.17, 15) is 14.4 Å². The van der Waals surface area contributed by atoms with Gasteiger partial charge >= 0.3 is 0 Å². The van der Waals surface area contributed by atoms with Gasteiger partial charge in [-0.2, -0.15) is 0 Å². The number of nitrogens with zero attached hydrogens (tertiary/aromatic N) is 1. The van der Waals surface area contributed by atoms with Crippen LogP contribution in [0.1, 0.15) is 29.3 Å². The van der Waals surface area contributed by atoms with E-state index in [1.807, 2.05) is 60.8 Å². The number of thioether (sulfide) groups is 1. The lowest BCUT2D eigenvalue weighted by atomic mass is 10.1. The van der Waals surface area contributed by atoms with Crippen LogP contribution in [-0.2, 0) is 9.59 Å². The summed E-state index contributed by atoms with van der Waals surface area (Å²) >= 11 is 2.79. The highest BCUT2D eigenvalue weighted by Gasteiger charge is 2.21. The predicted molar refractivity (Wildman–Crippen MR) is 204 cm³/mol. The first-order valence-electron chi connectivity index (χ1n) is 15.9. The van der Waals surface area contributed by atoms with Gasteiger partial charge in [0.2, 0.25) is 5.91 Å². The number of rotatable bonds is 12. The number of methoxy groups -OCH3 is 1. The van der Waals surface area contributed by atoms with E-state index in [2.05, 4.69) is 45.2 Å². The molecular weight excluding hydrogens is 665 g/mol. The topological polar surface area (TPSA) is 109 Å². The van der Waals surface area contributed by atoms with Gasteiger partial charge in [0.05, 0.1) is 18.1 Å². The van der Waals surface area contributed by atoms with Gasteiger partial charge in [-0.05, 0) is 77.4 Å². The lowest BCUT2D eigenvalue weighted by Gasteiger charge is -2.15. The first kappa shape index (κ1) is 34.2. The molecule has 0 spiro atoms. The maximum Gasteiger partial charge on any atom is 0.272 e. The number of carbonyl (C=O) groups is 3. The van der Waals surface area contributed by atoms with Crippen LogP contribution in [-0.4, -0.2) is 35.1 Å². The number of nitrogens with one attached hydrogen (secondary N) is 3. The van der Waals surface area contributed by atoms with Gasteiger partial charge in [0.15, 0.2) is 5.13 Å². The molecule has 0 fully saturated rings. The minimum atomic E-state index is -0.505. The number of anilines is 2. The first-order valence-corrected chi connectivity index (χ1v) is 17.7. The van der Waals surface area contributed by atoms with Crippen molar-refractivity contribution in [1.82, 2.24) is 10.3 Å². The molecule has 3 amide bonds. The minimum absolute atomic E-state index is 0.0579. The van der Waals surface area contributed by atoms with Crippen molar-refractivity contribution < 1.29 is 19.1 Å². The third-order valence-corrected chi connectivity index (χ3v) is 9.86. The van der Waals surface area contributed by atoms with Crippen molar-refractivity contribution in [3.8, 4) is 17.0 Å². The van der Waals surface area contributed by atoms with Crippen LogP contribution in [0.25, 0.3) is 28.1 Å². The number of carbonyl (C=O) groups excluding carboxylic acids is 3. The third kappa shape index (κ3) is 8.65. The molecule has 1 aromatic heterocycles. The summed E-state index contributed by atoms with van der Waals surface area (Å²) in [6, 6.07) is 37.5. The molecule has 1 unspecified atom stereocenters. The molecule has 3 N–H and O–H groups in total. The maximum absolute atomic E-state index is 13.6. The van der Waals surface area contributed by atoms with Gasteiger partial charge in [-0.15, -0.1) is 23.1 Å². The summed E-state index contributed by atoms with van der Waals surface area (Å²) in [5, 5.41) is 13.0. The summed E-state index contributed by atoms with van der Waals surface area (Å²) in [5.74, 6) is -0.457. The zero-order valence-corrected chi connectivity index (χ0v) is 29.0. The van der Waals surface area contributed by atoms with Crippen LogP contribution in [0.3, 0.4) is 0 Å². The summed E-state index contributed by atoms with van der Waals surface area (Å²) in [7, 11) is 1.56. The van der Waals surface area contributed by atoms with Crippen LogP contribution in [0.2, 0.25) is 0 Å². The van der Waals surface area contributed by atoms with Gasteiger partial charge in [0.1, 0.15) is 11.4 Å².